The predicted molar refractivity (Wildman–Crippen MR) is 111 cm³/mol. The van der Waals surface area contributed by atoms with Gasteiger partial charge in [-0.15, -0.1) is 11.3 Å². The Hall–Kier alpha value is -1.91. The van der Waals surface area contributed by atoms with Crippen LogP contribution in [0.25, 0.3) is 11.1 Å². The summed E-state index contributed by atoms with van der Waals surface area (Å²) in [4.78, 5) is 16.0. The molecular formula is C21H20BrNOS. The highest BCUT2D eigenvalue weighted by molar-refractivity contribution is 9.10. The van der Waals surface area contributed by atoms with Crippen LogP contribution in [0.15, 0.2) is 65.1 Å². The van der Waals surface area contributed by atoms with E-state index in [1.165, 1.54) is 0 Å². The average molecular weight is 414 g/mol. The molecule has 0 aliphatic carbocycles. The van der Waals surface area contributed by atoms with Gasteiger partial charge in [-0.3, -0.25) is 4.79 Å². The van der Waals surface area contributed by atoms with Crippen LogP contribution in [0.5, 0.6) is 0 Å². The Morgan fingerprint density at radius 2 is 1.64 bits per heavy atom. The van der Waals surface area contributed by atoms with Gasteiger partial charge in [-0.1, -0.05) is 58.4 Å². The molecule has 0 radical (unpaired) electrons. The number of carbonyl (C=O) groups excluding carboxylic acids is 1. The molecule has 4 heteroatoms. The number of thiophene rings is 1. The van der Waals surface area contributed by atoms with Crippen LogP contribution in [0, 0.1) is 0 Å². The molecule has 2 nitrogen and oxygen atoms in total. The zero-order chi connectivity index (χ0) is 17.8. The predicted octanol–water partition coefficient (Wildman–Crippen LogP) is 6.25. The van der Waals surface area contributed by atoms with E-state index in [0.29, 0.717) is 0 Å². The van der Waals surface area contributed by atoms with Gasteiger partial charge in [-0.05, 0) is 37.6 Å². The van der Waals surface area contributed by atoms with Gasteiger partial charge in [0.1, 0.15) is 0 Å². The van der Waals surface area contributed by atoms with Crippen molar-refractivity contribution in [2.75, 3.05) is 18.0 Å². The molecule has 0 unspecified atom stereocenters. The van der Waals surface area contributed by atoms with Crippen molar-refractivity contribution < 1.29 is 4.79 Å². The van der Waals surface area contributed by atoms with E-state index < -0.39 is 0 Å². The topological polar surface area (TPSA) is 20.3 Å². The van der Waals surface area contributed by atoms with Crippen LogP contribution in [-0.2, 0) is 0 Å². The number of benzene rings is 2. The molecule has 0 saturated carbocycles. The van der Waals surface area contributed by atoms with Gasteiger partial charge in [0.15, 0.2) is 0 Å². The fourth-order valence-electron chi connectivity index (χ4n) is 2.81. The normalized spacial score (nSPS) is 10.7. The summed E-state index contributed by atoms with van der Waals surface area (Å²) in [5, 5.41) is 1.16. The van der Waals surface area contributed by atoms with E-state index in [1.54, 1.807) is 11.3 Å². The van der Waals surface area contributed by atoms with E-state index in [9.17, 15) is 4.79 Å². The Labute approximate surface area is 161 Å². The number of ketones is 1. The summed E-state index contributed by atoms with van der Waals surface area (Å²) in [5.74, 6) is 0.0855. The van der Waals surface area contributed by atoms with Crippen molar-refractivity contribution in [3.05, 3.63) is 75.6 Å². The minimum atomic E-state index is 0.0855. The van der Waals surface area contributed by atoms with Crippen molar-refractivity contribution in [2.45, 2.75) is 13.8 Å². The number of hydrogen-bond donors (Lipinski definition) is 0. The van der Waals surface area contributed by atoms with Crippen molar-refractivity contribution in [3.63, 3.8) is 0 Å². The Balaban J connectivity index is 2.08. The number of rotatable bonds is 6. The number of nitrogens with zero attached hydrogens (tertiary/aromatic N) is 1. The first-order valence-corrected chi connectivity index (χ1v) is 9.99. The van der Waals surface area contributed by atoms with Crippen LogP contribution < -0.4 is 4.90 Å². The first-order valence-electron chi connectivity index (χ1n) is 8.38. The monoisotopic (exact) mass is 413 g/mol. The Morgan fingerprint density at radius 3 is 2.24 bits per heavy atom. The lowest BCUT2D eigenvalue weighted by Crippen LogP contribution is -2.21. The van der Waals surface area contributed by atoms with E-state index in [4.69, 9.17) is 0 Å². The third kappa shape index (κ3) is 3.86. The third-order valence-electron chi connectivity index (χ3n) is 4.18. The molecule has 0 aliphatic rings. The lowest BCUT2D eigenvalue weighted by atomic mass is 10.1. The zero-order valence-electron chi connectivity index (χ0n) is 14.3. The zero-order valence-corrected chi connectivity index (χ0v) is 16.7. The van der Waals surface area contributed by atoms with Crippen molar-refractivity contribution in [1.29, 1.82) is 0 Å². The van der Waals surface area contributed by atoms with Gasteiger partial charge in [-0.25, -0.2) is 0 Å². The summed E-state index contributed by atoms with van der Waals surface area (Å²) < 4.78 is 1.05. The smallest absolute Gasteiger partial charge is 0.203 e. The maximum atomic E-state index is 12.9. The number of anilines is 1. The SMILES string of the molecule is CCN(CC)c1sc(C(=O)c2ccccc2)cc1-c1ccc(Br)cc1. The summed E-state index contributed by atoms with van der Waals surface area (Å²) >= 11 is 5.07. The van der Waals surface area contributed by atoms with E-state index in [2.05, 4.69) is 46.8 Å². The highest BCUT2D eigenvalue weighted by Gasteiger charge is 2.19. The summed E-state index contributed by atoms with van der Waals surface area (Å²) in [6.45, 7) is 6.12. The molecule has 0 saturated heterocycles. The van der Waals surface area contributed by atoms with Gasteiger partial charge < -0.3 is 4.90 Å². The molecule has 0 N–H and O–H groups in total. The van der Waals surface area contributed by atoms with Crippen molar-refractivity contribution >= 4 is 38.1 Å². The van der Waals surface area contributed by atoms with Gasteiger partial charge >= 0.3 is 0 Å². The Bertz CT molecular complexity index is 851. The molecule has 25 heavy (non-hydrogen) atoms. The lowest BCUT2D eigenvalue weighted by molar-refractivity contribution is 0.104. The first kappa shape index (κ1) is 17.9. The van der Waals surface area contributed by atoms with Gasteiger partial charge in [0.25, 0.3) is 0 Å². The second-order valence-corrected chi connectivity index (χ2v) is 7.65. The molecule has 1 heterocycles. The molecule has 0 spiro atoms. The standard InChI is InChI=1S/C21H20BrNOS/c1-3-23(4-2)21-18(15-10-12-17(22)13-11-15)14-19(25-21)20(24)16-8-6-5-7-9-16/h5-14H,3-4H2,1-2H3. The minimum Gasteiger partial charge on any atom is -0.363 e. The third-order valence-corrected chi connectivity index (χ3v) is 5.90. The molecule has 2 aromatic carbocycles. The molecule has 128 valence electrons. The molecule has 0 amide bonds. The quantitative estimate of drug-likeness (QED) is 0.444. The van der Waals surface area contributed by atoms with Crippen LogP contribution in [-0.4, -0.2) is 18.9 Å². The molecule has 3 rings (SSSR count). The van der Waals surface area contributed by atoms with Crippen molar-refractivity contribution in [1.82, 2.24) is 0 Å². The lowest BCUT2D eigenvalue weighted by Gasteiger charge is -2.20. The number of carbonyl (C=O) groups is 1. The Morgan fingerprint density at radius 1 is 1.00 bits per heavy atom. The maximum Gasteiger partial charge on any atom is 0.203 e. The van der Waals surface area contributed by atoms with E-state index in [0.717, 1.165) is 44.1 Å². The summed E-state index contributed by atoms with van der Waals surface area (Å²) in [6.07, 6.45) is 0. The highest BCUT2D eigenvalue weighted by atomic mass is 79.9. The van der Waals surface area contributed by atoms with Gasteiger partial charge in [0.2, 0.25) is 5.78 Å². The van der Waals surface area contributed by atoms with Crippen LogP contribution in [0.3, 0.4) is 0 Å². The molecule has 1 aromatic heterocycles. The van der Waals surface area contributed by atoms with Gasteiger partial charge in [0, 0.05) is 28.7 Å². The van der Waals surface area contributed by atoms with Crippen molar-refractivity contribution in [2.24, 2.45) is 0 Å². The molecule has 0 bridgehead atoms. The first-order chi connectivity index (χ1) is 12.1. The highest BCUT2D eigenvalue weighted by Crippen LogP contribution is 2.40. The van der Waals surface area contributed by atoms with E-state index >= 15 is 0 Å². The Kier molecular flexibility index (Phi) is 5.71. The molecular weight excluding hydrogens is 394 g/mol. The van der Waals surface area contributed by atoms with Gasteiger partial charge in [0.05, 0.1) is 9.88 Å². The molecule has 0 fully saturated rings. The molecule has 0 aliphatic heterocycles. The van der Waals surface area contributed by atoms with E-state index in [1.807, 2.05) is 48.5 Å². The molecule has 3 aromatic rings. The second kappa shape index (κ2) is 7.98. The van der Waals surface area contributed by atoms with Crippen LogP contribution in [0.1, 0.15) is 29.1 Å². The van der Waals surface area contributed by atoms with Crippen molar-refractivity contribution in [3.8, 4) is 11.1 Å². The fraction of sp³-hybridized carbons (Fsp3) is 0.190. The van der Waals surface area contributed by atoms with Crippen LogP contribution >= 0.6 is 27.3 Å². The summed E-state index contributed by atoms with van der Waals surface area (Å²) in [5.41, 5.74) is 2.99. The van der Waals surface area contributed by atoms with Crippen LogP contribution in [0.2, 0.25) is 0 Å². The van der Waals surface area contributed by atoms with Gasteiger partial charge in [-0.2, -0.15) is 0 Å². The minimum absolute atomic E-state index is 0.0855. The van der Waals surface area contributed by atoms with E-state index in [-0.39, 0.29) is 5.78 Å². The maximum absolute atomic E-state index is 12.9. The number of hydrogen-bond acceptors (Lipinski definition) is 3. The second-order valence-electron chi connectivity index (χ2n) is 5.70. The average Bonchev–Trinajstić information content (AvgIpc) is 3.08. The summed E-state index contributed by atoms with van der Waals surface area (Å²) in [6, 6.07) is 19.8. The largest absolute Gasteiger partial charge is 0.363 e. The van der Waals surface area contributed by atoms with Crippen LogP contribution in [0.4, 0.5) is 5.00 Å². The fourth-order valence-corrected chi connectivity index (χ4v) is 4.34. The summed E-state index contributed by atoms with van der Waals surface area (Å²) in [7, 11) is 0. The molecule has 0 atom stereocenters. The number of halogens is 1.